The molecule has 0 heterocycles. The number of benzene rings is 2. The molecule has 0 saturated carbocycles. The quantitative estimate of drug-likeness (QED) is 0.465. The summed E-state index contributed by atoms with van der Waals surface area (Å²) in [5.41, 5.74) is 1.93. The van der Waals surface area contributed by atoms with Crippen LogP contribution < -0.4 is 10.2 Å². The smallest absolute Gasteiger partial charge is 0.282 e. The van der Waals surface area contributed by atoms with Gasteiger partial charge >= 0.3 is 0 Å². The number of nitrogens with one attached hydrogen (secondary N) is 1. The summed E-state index contributed by atoms with van der Waals surface area (Å²) < 4.78 is 5.24. The van der Waals surface area contributed by atoms with E-state index in [-0.39, 0.29) is 28.3 Å². The number of phenols is 1. The number of halogens is 1. The van der Waals surface area contributed by atoms with Crippen LogP contribution in [-0.4, -0.2) is 28.8 Å². The van der Waals surface area contributed by atoms with Gasteiger partial charge in [-0.05, 0) is 19.1 Å². The van der Waals surface area contributed by atoms with Gasteiger partial charge in [-0.15, -0.1) is 0 Å². The molecule has 0 spiro atoms. The average molecular weight is 364 g/mol. The molecule has 2 N–H and O–H groups in total. The molecule has 0 aliphatic heterocycles. The number of aromatic hydroxyl groups is 1. The minimum absolute atomic E-state index is 0.130. The van der Waals surface area contributed by atoms with Crippen molar-refractivity contribution >= 4 is 29.4 Å². The van der Waals surface area contributed by atoms with Gasteiger partial charge in [-0.3, -0.25) is 14.9 Å². The summed E-state index contributed by atoms with van der Waals surface area (Å²) in [4.78, 5) is 22.3. The van der Waals surface area contributed by atoms with E-state index >= 15 is 0 Å². The van der Waals surface area contributed by atoms with Gasteiger partial charge in [0.1, 0.15) is 5.56 Å². The monoisotopic (exact) mass is 363 g/mol. The predicted octanol–water partition coefficient (Wildman–Crippen LogP) is 3.12. The third-order valence-corrected chi connectivity index (χ3v) is 3.30. The highest BCUT2D eigenvalue weighted by Gasteiger charge is 2.18. The number of hydrazone groups is 1. The van der Waals surface area contributed by atoms with E-state index in [1.807, 2.05) is 0 Å². The topological polar surface area (TPSA) is 114 Å². The van der Waals surface area contributed by atoms with Gasteiger partial charge in [0.2, 0.25) is 0 Å². The van der Waals surface area contributed by atoms with Crippen molar-refractivity contribution in [2.75, 3.05) is 6.61 Å². The summed E-state index contributed by atoms with van der Waals surface area (Å²) in [5.74, 6) is -0.758. The number of nitrogens with zero attached hydrogens (tertiary/aromatic N) is 2. The maximum atomic E-state index is 12.0. The minimum Gasteiger partial charge on any atom is -0.504 e. The van der Waals surface area contributed by atoms with Gasteiger partial charge in [0.25, 0.3) is 11.6 Å². The number of para-hydroxylation sites is 1. The highest BCUT2D eigenvalue weighted by molar-refractivity contribution is 6.31. The molecule has 130 valence electrons. The van der Waals surface area contributed by atoms with Crippen LogP contribution in [0.4, 0.5) is 5.69 Å². The van der Waals surface area contributed by atoms with Crippen LogP contribution in [0, 0.1) is 10.1 Å². The molecule has 8 nitrogen and oxygen atoms in total. The van der Waals surface area contributed by atoms with Gasteiger partial charge < -0.3 is 9.84 Å². The largest absolute Gasteiger partial charge is 0.504 e. The third-order valence-electron chi connectivity index (χ3n) is 3.08. The standard InChI is InChI=1S/C16H14ClN3O5/c1-2-25-14-8-11(17)7-10(15(14)21)9-18-19-16(22)12-5-3-4-6-13(12)20(23)24/h3-9,21H,2H2,1H3,(H,19,22)/b18-9-. The second-order valence-electron chi connectivity index (χ2n) is 4.75. The third kappa shape index (κ3) is 4.45. The number of hydrogen-bond acceptors (Lipinski definition) is 6. The Morgan fingerprint density at radius 2 is 2.16 bits per heavy atom. The average Bonchev–Trinajstić information content (AvgIpc) is 2.58. The molecule has 0 aromatic heterocycles. The van der Waals surface area contributed by atoms with E-state index in [0.717, 1.165) is 6.21 Å². The first kappa shape index (κ1) is 18.2. The zero-order valence-corrected chi connectivity index (χ0v) is 13.9. The Labute approximate surface area is 147 Å². The number of carbonyl (C=O) groups excluding carboxylic acids is 1. The van der Waals surface area contributed by atoms with Gasteiger partial charge in [-0.25, -0.2) is 5.43 Å². The first-order valence-corrected chi connectivity index (χ1v) is 7.54. The van der Waals surface area contributed by atoms with Crippen molar-refractivity contribution in [2.45, 2.75) is 6.92 Å². The number of amides is 1. The first-order valence-electron chi connectivity index (χ1n) is 7.16. The summed E-state index contributed by atoms with van der Waals surface area (Å²) in [7, 11) is 0. The predicted molar refractivity (Wildman–Crippen MR) is 92.4 cm³/mol. The Kier molecular flexibility index (Phi) is 5.91. The summed E-state index contributed by atoms with van der Waals surface area (Å²) >= 11 is 5.94. The Morgan fingerprint density at radius 1 is 1.44 bits per heavy atom. The van der Waals surface area contributed by atoms with Gasteiger partial charge in [-0.1, -0.05) is 23.7 Å². The summed E-state index contributed by atoms with van der Waals surface area (Å²) in [6.07, 6.45) is 1.16. The Morgan fingerprint density at radius 3 is 2.84 bits per heavy atom. The number of hydrogen-bond donors (Lipinski definition) is 2. The van der Waals surface area contributed by atoms with Crippen molar-refractivity contribution < 1.29 is 19.6 Å². The van der Waals surface area contributed by atoms with Crippen LogP contribution in [0.15, 0.2) is 41.5 Å². The van der Waals surface area contributed by atoms with Crippen molar-refractivity contribution in [1.82, 2.24) is 5.43 Å². The van der Waals surface area contributed by atoms with Crippen LogP contribution in [0.2, 0.25) is 5.02 Å². The number of nitro benzene ring substituents is 1. The van der Waals surface area contributed by atoms with E-state index < -0.39 is 10.8 Å². The zero-order valence-electron chi connectivity index (χ0n) is 13.1. The van der Waals surface area contributed by atoms with E-state index in [4.69, 9.17) is 16.3 Å². The molecule has 0 unspecified atom stereocenters. The molecule has 0 aliphatic rings. The minimum atomic E-state index is -0.755. The molecule has 0 atom stereocenters. The van der Waals surface area contributed by atoms with E-state index in [9.17, 15) is 20.0 Å². The molecule has 2 aromatic rings. The first-order chi connectivity index (χ1) is 11.9. The normalized spacial score (nSPS) is 10.6. The lowest BCUT2D eigenvalue weighted by Crippen LogP contribution is -2.19. The fourth-order valence-corrected chi connectivity index (χ4v) is 2.22. The lowest BCUT2D eigenvalue weighted by Gasteiger charge is -2.08. The number of rotatable bonds is 6. The maximum Gasteiger partial charge on any atom is 0.282 e. The Bertz CT molecular complexity index is 839. The number of nitro groups is 1. The van der Waals surface area contributed by atoms with Crippen LogP contribution in [0.25, 0.3) is 0 Å². The number of ether oxygens (including phenoxy) is 1. The van der Waals surface area contributed by atoms with Crippen molar-refractivity contribution in [3.63, 3.8) is 0 Å². The van der Waals surface area contributed by atoms with Crippen molar-refractivity contribution in [3.05, 3.63) is 62.7 Å². The van der Waals surface area contributed by atoms with Gasteiger partial charge in [0, 0.05) is 22.7 Å². The maximum absolute atomic E-state index is 12.0. The van der Waals surface area contributed by atoms with Crippen molar-refractivity contribution in [1.29, 1.82) is 0 Å². The van der Waals surface area contributed by atoms with E-state index in [1.165, 1.54) is 36.4 Å². The molecule has 2 rings (SSSR count). The Balaban J connectivity index is 2.19. The molecule has 0 bridgehead atoms. The number of phenolic OH excluding ortho intramolecular Hbond substituents is 1. The fourth-order valence-electron chi connectivity index (χ4n) is 2.00. The molecule has 9 heteroatoms. The van der Waals surface area contributed by atoms with E-state index in [2.05, 4.69) is 10.5 Å². The molecular formula is C16H14ClN3O5. The van der Waals surface area contributed by atoms with E-state index in [0.29, 0.717) is 11.6 Å². The molecule has 0 fully saturated rings. The van der Waals surface area contributed by atoms with Crippen LogP contribution in [0.3, 0.4) is 0 Å². The molecule has 0 saturated heterocycles. The van der Waals surface area contributed by atoms with Crippen LogP contribution >= 0.6 is 11.6 Å². The second-order valence-corrected chi connectivity index (χ2v) is 5.18. The zero-order chi connectivity index (χ0) is 18.4. The van der Waals surface area contributed by atoms with Crippen LogP contribution in [0.1, 0.15) is 22.8 Å². The molecule has 0 radical (unpaired) electrons. The highest BCUT2D eigenvalue weighted by Crippen LogP contribution is 2.32. The molecule has 2 aromatic carbocycles. The number of carbonyl (C=O) groups is 1. The molecule has 25 heavy (non-hydrogen) atoms. The fraction of sp³-hybridized carbons (Fsp3) is 0.125. The van der Waals surface area contributed by atoms with Gasteiger partial charge in [0.05, 0.1) is 17.7 Å². The van der Waals surface area contributed by atoms with E-state index in [1.54, 1.807) is 6.92 Å². The summed E-state index contributed by atoms with van der Waals surface area (Å²) in [5, 5.41) is 25.0. The Hall–Kier alpha value is -3.13. The summed E-state index contributed by atoms with van der Waals surface area (Å²) in [6.45, 7) is 2.08. The highest BCUT2D eigenvalue weighted by atomic mass is 35.5. The molecular weight excluding hydrogens is 350 g/mol. The van der Waals surface area contributed by atoms with Gasteiger partial charge in [-0.2, -0.15) is 5.10 Å². The van der Waals surface area contributed by atoms with Crippen LogP contribution in [0.5, 0.6) is 11.5 Å². The van der Waals surface area contributed by atoms with Crippen molar-refractivity contribution in [2.24, 2.45) is 5.10 Å². The van der Waals surface area contributed by atoms with Crippen molar-refractivity contribution in [3.8, 4) is 11.5 Å². The summed E-state index contributed by atoms with van der Waals surface area (Å²) in [6, 6.07) is 8.37. The SMILES string of the molecule is CCOc1cc(Cl)cc(/C=N\NC(=O)c2ccccc2[N+](=O)[O-])c1O. The van der Waals surface area contributed by atoms with Crippen LogP contribution in [-0.2, 0) is 0 Å². The van der Waals surface area contributed by atoms with Gasteiger partial charge in [0.15, 0.2) is 11.5 Å². The second kappa shape index (κ2) is 8.11. The molecule has 1 amide bonds. The lowest BCUT2D eigenvalue weighted by atomic mass is 10.2. The molecule has 0 aliphatic carbocycles. The lowest BCUT2D eigenvalue weighted by molar-refractivity contribution is -0.385.